The first kappa shape index (κ1) is 16.9. The van der Waals surface area contributed by atoms with E-state index in [0.29, 0.717) is 22.6 Å². The summed E-state index contributed by atoms with van der Waals surface area (Å²) < 4.78 is 5.61. The predicted molar refractivity (Wildman–Crippen MR) is 97.2 cm³/mol. The van der Waals surface area contributed by atoms with Crippen molar-refractivity contribution in [2.45, 2.75) is 0 Å². The Kier molecular flexibility index (Phi) is 4.75. The lowest BCUT2D eigenvalue weighted by molar-refractivity contribution is -0.384. The maximum atomic E-state index is 10.7. The average Bonchev–Trinajstić information content (AvgIpc) is 3.11. The molecular weight excluding hydrogens is 336 g/mol. The Morgan fingerprint density at radius 2 is 1.77 bits per heavy atom. The second-order valence-corrected chi connectivity index (χ2v) is 5.28. The molecule has 0 saturated carbocycles. The molecule has 0 saturated heterocycles. The van der Waals surface area contributed by atoms with E-state index in [2.05, 4.69) is 10.2 Å². The summed E-state index contributed by atoms with van der Waals surface area (Å²) in [5.41, 5.74) is 7.17. The molecule has 0 atom stereocenters. The normalized spacial score (nSPS) is 11.8. The van der Waals surface area contributed by atoms with Gasteiger partial charge in [-0.2, -0.15) is 5.10 Å². The van der Waals surface area contributed by atoms with Gasteiger partial charge in [-0.3, -0.25) is 10.1 Å². The Morgan fingerprint density at radius 1 is 1.08 bits per heavy atom. The number of nitrogens with two attached hydrogens (primary N) is 1. The van der Waals surface area contributed by atoms with E-state index in [-0.39, 0.29) is 17.3 Å². The number of furan rings is 1. The zero-order valence-corrected chi connectivity index (χ0v) is 13.4. The van der Waals surface area contributed by atoms with Gasteiger partial charge in [0.05, 0.1) is 11.1 Å². The van der Waals surface area contributed by atoms with E-state index in [0.717, 1.165) is 0 Å². The number of nitro benzene ring substituents is 1. The van der Waals surface area contributed by atoms with Gasteiger partial charge >= 0.3 is 0 Å². The van der Waals surface area contributed by atoms with Crippen molar-refractivity contribution in [2.75, 3.05) is 0 Å². The van der Waals surface area contributed by atoms with Crippen LogP contribution in [0, 0.1) is 10.1 Å². The van der Waals surface area contributed by atoms with Crippen LogP contribution in [-0.4, -0.2) is 22.1 Å². The fraction of sp³-hybridized carbons (Fsp3) is 0. The van der Waals surface area contributed by atoms with Crippen LogP contribution >= 0.6 is 0 Å². The number of aromatic hydroxyl groups is 1. The van der Waals surface area contributed by atoms with E-state index in [1.165, 1.54) is 30.5 Å². The average molecular weight is 350 g/mol. The summed E-state index contributed by atoms with van der Waals surface area (Å²) in [6, 6.07) is 15.7. The molecule has 0 unspecified atom stereocenters. The van der Waals surface area contributed by atoms with Gasteiger partial charge in [0.15, 0.2) is 5.84 Å². The molecule has 0 fully saturated rings. The van der Waals surface area contributed by atoms with E-state index in [1.807, 2.05) is 0 Å². The molecule has 1 aromatic heterocycles. The molecular formula is C18H14N4O4. The van der Waals surface area contributed by atoms with Crippen LogP contribution < -0.4 is 5.73 Å². The third-order valence-electron chi connectivity index (χ3n) is 3.50. The van der Waals surface area contributed by atoms with Crippen molar-refractivity contribution in [3.8, 4) is 17.1 Å². The zero-order valence-electron chi connectivity index (χ0n) is 13.4. The maximum absolute atomic E-state index is 10.7. The topological polar surface area (TPSA) is 127 Å². The highest BCUT2D eigenvalue weighted by atomic mass is 16.6. The minimum Gasteiger partial charge on any atom is -0.508 e. The molecule has 3 N–H and O–H groups in total. The van der Waals surface area contributed by atoms with Crippen LogP contribution in [0.25, 0.3) is 11.3 Å². The smallest absolute Gasteiger partial charge is 0.269 e. The SMILES string of the molecule is NC(=NN=Cc1ccc(-c2ccc([N+](=O)[O-])cc2)o1)c1ccc(O)cc1. The molecule has 3 aromatic rings. The monoisotopic (exact) mass is 350 g/mol. The Bertz CT molecular complexity index is 973. The molecule has 0 aliphatic carbocycles. The number of nitro groups is 1. The van der Waals surface area contributed by atoms with Crippen molar-refractivity contribution < 1.29 is 14.4 Å². The van der Waals surface area contributed by atoms with Crippen LogP contribution in [0.2, 0.25) is 0 Å². The molecule has 0 aliphatic heterocycles. The van der Waals surface area contributed by atoms with E-state index in [4.69, 9.17) is 10.2 Å². The number of nitrogens with zero attached hydrogens (tertiary/aromatic N) is 3. The summed E-state index contributed by atoms with van der Waals surface area (Å²) >= 11 is 0. The lowest BCUT2D eigenvalue weighted by Crippen LogP contribution is -2.12. The quantitative estimate of drug-likeness (QED) is 0.316. The zero-order chi connectivity index (χ0) is 18.5. The van der Waals surface area contributed by atoms with Crippen molar-refractivity contribution in [3.63, 3.8) is 0 Å². The molecule has 0 spiro atoms. The summed E-state index contributed by atoms with van der Waals surface area (Å²) in [7, 11) is 0. The molecule has 0 bridgehead atoms. The number of hydrogen-bond acceptors (Lipinski definition) is 6. The number of amidine groups is 1. The van der Waals surface area contributed by atoms with Crippen molar-refractivity contribution in [1.29, 1.82) is 0 Å². The summed E-state index contributed by atoms with van der Waals surface area (Å²) in [5, 5.41) is 27.7. The molecule has 130 valence electrons. The second kappa shape index (κ2) is 7.31. The standard InChI is InChI=1S/C18H14N4O4/c19-18(13-3-7-15(23)8-4-13)21-20-11-16-9-10-17(26-16)12-1-5-14(6-2-12)22(24)25/h1-11,23H,(H2,19,21). The van der Waals surface area contributed by atoms with Crippen LogP contribution in [-0.2, 0) is 0 Å². The molecule has 0 amide bonds. The summed E-state index contributed by atoms with van der Waals surface area (Å²) in [4.78, 5) is 10.2. The summed E-state index contributed by atoms with van der Waals surface area (Å²) in [6.07, 6.45) is 1.40. The maximum Gasteiger partial charge on any atom is 0.269 e. The van der Waals surface area contributed by atoms with E-state index in [9.17, 15) is 15.2 Å². The molecule has 8 heteroatoms. The fourth-order valence-electron chi connectivity index (χ4n) is 2.16. The van der Waals surface area contributed by atoms with Gasteiger partial charge in [0.25, 0.3) is 5.69 Å². The fourth-order valence-corrected chi connectivity index (χ4v) is 2.16. The highest BCUT2D eigenvalue weighted by Gasteiger charge is 2.07. The number of hydrogen-bond donors (Lipinski definition) is 2. The lowest BCUT2D eigenvalue weighted by atomic mass is 10.1. The number of rotatable bonds is 5. The Labute approximate surface area is 148 Å². The van der Waals surface area contributed by atoms with E-state index >= 15 is 0 Å². The Balaban J connectivity index is 1.71. The van der Waals surface area contributed by atoms with Gasteiger partial charge in [-0.15, -0.1) is 5.10 Å². The van der Waals surface area contributed by atoms with Crippen LogP contribution in [0.4, 0.5) is 5.69 Å². The van der Waals surface area contributed by atoms with Gasteiger partial charge in [0.2, 0.25) is 0 Å². The second-order valence-electron chi connectivity index (χ2n) is 5.28. The number of phenolic OH excluding ortho intramolecular Hbond substituents is 1. The van der Waals surface area contributed by atoms with Crippen LogP contribution in [0.1, 0.15) is 11.3 Å². The van der Waals surface area contributed by atoms with Crippen molar-refractivity contribution in [3.05, 3.63) is 82.1 Å². The molecule has 0 radical (unpaired) electrons. The van der Waals surface area contributed by atoms with Gasteiger partial charge in [-0.05, 0) is 48.5 Å². The van der Waals surface area contributed by atoms with Crippen molar-refractivity contribution >= 4 is 17.7 Å². The lowest BCUT2D eigenvalue weighted by Gasteiger charge is -1.98. The first-order valence-electron chi connectivity index (χ1n) is 7.53. The number of phenols is 1. The van der Waals surface area contributed by atoms with Crippen LogP contribution in [0.5, 0.6) is 5.75 Å². The molecule has 2 aromatic carbocycles. The minimum atomic E-state index is -0.458. The van der Waals surface area contributed by atoms with Crippen LogP contribution in [0.3, 0.4) is 0 Å². The van der Waals surface area contributed by atoms with E-state index < -0.39 is 4.92 Å². The summed E-state index contributed by atoms with van der Waals surface area (Å²) in [6.45, 7) is 0. The highest BCUT2D eigenvalue weighted by molar-refractivity contribution is 5.97. The van der Waals surface area contributed by atoms with Crippen LogP contribution in [0.15, 0.2) is 75.3 Å². The largest absolute Gasteiger partial charge is 0.508 e. The number of non-ortho nitro benzene ring substituents is 1. The van der Waals surface area contributed by atoms with Gasteiger partial charge in [0.1, 0.15) is 17.3 Å². The predicted octanol–water partition coefficient (Wildman–Crippen LogP) is 3.30. The van der Waals surface area contributed by atoms with Crippen molar-refractivity contribution in [1.82, 2.24) is 0 Å². The van der Waals surface area contributed by atoms with Gasteiger partial charge in [-0.25, -0.2) is 0 Å². The molecule has 26 heavy (non-hydrogen) atoms. The first-order chi connectivity index (χ1) is 12.5. The minimum absolute atomic E-state index is 0.0149. The van der Waals surface area contributed by atoms with Gasteiger partial charge in [0, 0.05) is 23.3 Å². The van der Waals surface area contributed by atoms with Gasteiger partial charge < -0.3 is 15.3 Å². The highest BCUT2D eigenvalue weighted by Crippen LogP contribution is 2.24. The van der Waals surface area contributed by atoms with Crippen molar-refractivity contribution in [2.24, 2.45) is 15.9 Å². The molecule has 1 heterocycles. The molecule has 8 nitrogen and oxygen atoms in total. The van der Waals surface area contributed by atoms with E-state index in [1.54, 1.807) is 36.4 Å². The Morgan fingerprint density at radius 3 is 2.42 bits per heavy atom. The molecule has 3 rings (SSSR count). The third-order valence-corrected chi connectivity index (χ3v) is 3.50. The Hall–Kier alpha value is -3.94. The number of benzene rings is 2. The summed E-state index contributed by atoms with van der Waals surface area (Å²) in [5.74, 6) is 1.35. The third kappa shape index (κ3) is 3.93. The first-order valence-corrected chi connectivity index (χ1v) is 7.53. The van der Waals surface area contributed by atoms with Gasteiger partial charge in [-0.1, -0.05) is 0 Å². The molecule has 0 aliphatic rings.